The third-order valence-corrected chi connectivity index (χ3v) is 35.1. The predicted molar refractivity (Wildman–Crippen MR) is 252 cm³/mol. The van der Waals surface area contributed by atoms with E-state index < -0.39 is 11.9 Å². The fourth-order valence-corrected chi connectivity index (χ4v) is 32.7. The third-order valence-electron chi connectivity index (χ3n) is 5.70. The zero-order chi connectivity index (χ0) is 32.2. The first kappa shape index (κ1) is 39.8. The first-order valence-electron chi connectivity index (χ1n) is 13.8. The molecule has 1 N–H and O–H groups in total. The Morgan fingerprint density at radius 1 is 0.638 bits per heavy atom. The minimum absolute atomic E-state index is 0.246. The highest BCUT2D eigenvalue weighted by molar-refractivity contribution is 8.45. The molecule has 7 heterocycles. The van der Waals surface area contributed by atoms with E-state index in [1.54, 1.807) is 6.92 Å². The van der Waals surface area contributed by atoms with Gasteiger partial charge in [0.25, 0.3) is 0 Å². The molecule has 1 unspecified atom stereocenters. The summed E-state index contributed by atoms with van der Waals surface area (Å²) in [4.78, 5) is 10.6. The molecule has 0 amide bonds. The summed E-state index contributed by atoms with van der Waals surface area (Å²) in [6.45, 7) is 2.03. The Morgan fingerprint density at radius 2 is 1.04 bits per heavy atom. The van der Waals surface area contributed by atoms with E-state index in [9.17, 15) is 9.46 Å². The molecule has 0 aromatic rings. The van der Waals surface area contributed by atoms with Crippen molar-refractivity contribution < 1.29 is 14.0 Å². The van der Waals surface area contributed by atoms with Crippen molar-refractivity contribution in [1.82, 2.24) is 0 Å². The van der Waals surface area contributed by atoms with Crippen molar-refractivity contribution in [1.29, 1.82) is 0 Å². The standard InChI is InChI=1S/C25H25O3PS18/c1-2-28-29(26,27)25-46-19(36-5-3-30-13-11-38-21(40-13)23-42-15-16(43-23)33-8-7-32-15)20(47-25)37-6-4-31-14-12-39-22(41-14)24-44-17-18(45-24)35-10-9-34-17/h11-12,25H,2-10H2,1H3,(H,26,27). The van der Waals surface area contributed by atoms with Gasteiger partial charge < -0.3 is 9.42 Å². The zero-order valence-electron chi connectivity index (χ0n) is 24.2. The molecule has 256 valence electrons. The van der Waals surface area contributed by atoms with Crippen molar-refractivity contribution in [3.63, 3.8) is 0 Å². The van der Waals surface area contributed by atoms with Gasteiger partial charge in [-0.1, -0.05) is 118 Å². The van der Waals surface area contributed by atoms with E-state index in [0.29, 0.717) is 0 Å². The summed E-state index contributed by atoms with van der Waals surface area (Å²) in [6, 6.07) is 0. The van der Waals surface area contributed by atoms with Crippen molar-refractivity contribution in [3.8, 4) is 0 Å². The van der Waals surface area contributed by atoms with Gasteiger partial charge >= 0.3 is 7.60 Å². The maximum Gasteiger partial charge on any atom is 0.351 e. The molecular weight excluding hydrogens is 956 g/mol. The Hall–Kier alpha value is 4.63. The van der Waals surface area contributed by atoms with E-state index >= 15 is 0 Å². The molecule has 0 bridgehead atoms. The lowest BCUT2D eigenvalue weighted by molar-refractivity contribution is 0.276. The smallest absolute Gasteiger partial charge is 0.323 e. The lowest BCUT2D eigenvalue weighted by atomic mass is 10.9. The molecule has 7 aliphatic heterocycles. The zero-order valence-corrected chi connectivity index (χ0v) is 39.7. The Kier molecular flexibility index (Phi) is 16.7. The van der Waals surface area contributed by atoms with E-state index in [1.807, 2.05) is 188 Å². The highest BCUT2D eigenvalue weighted by Crippen LogP contribution is 2.69. The van der Waals surface area contributed by atoms with Gasteiger partial charge in [-0.15, -0.1) is 94.1 Å². The molecule has 1 atom stereocenters. The van der Waals surface area contributed by atoms with Gasteiger partial charge in [-0.25, -0.2) is 0 Å². The lowest BCUT2D eigenvalue weighted by Crippen LogP contribution is -1.99. The lowest BCUT2D eigenvalue weighted by Gasteiger charge is -2.16. The number of thioether (sulfide) groups is 18. The average Bonchev–Trinajstić information content (AvgIpc) is 3.90. The Bertz CT molecular complexity index is 1390. The van der Waals surface area contributed by atoms with Crippen molar-refractivity contribution in [2.45, 2.75) is 11.2 Å². The minimum Gasteiger partial charge on any atom is -0.323 e. The highest BCUT2D eigenvalue weighted by atomic mass is 32.3. The predicted octanol–water partition coefficient (Wildman–Crippen LogP) is 15.0. The maximum atomic E-state index is 12.9. The van der Waals surface area contributed by atoms with Gasteiger partial charge in [0.1, 0.15) is 0 Å². The van der Waals surface area contributed by atoms with E-state index in [4.69, 9.17) is 4.52 Å². The fraction of sp³-hybridized carbons (Fsp3) is 0.440. The molecule has 7 aliphatic rings. The van der Waals surface area contributed by atoms with Crippen LogP contribution in [0.2, 0.25) is 0 Å². The average molecular weight is 982 g/mol. The second-order valence-corrected chi connectivity index (χ2v) is 34.0. The number of hydrogen-bond donors (Lipinski definition) is 1. The summed E-state index contributed by atoms with van der Waals surface area (Å²) in [7, 11) is -3.70. The second-order valence-electron chi connectivity index (χ2n) is 8.91. The molecular formula is C25H25O3PS18. The largest absolute Gasteiger partial charge is 0.351 e. The van der Waals surface area contributed by atoms with E-state index in [2.05, 4.69) is 10.8 Å². The minimum atomic E-state index is -3.70. The van der Waals surface area contributed by atoms with Gasteiger partial charge in [-0.05, 0) is 17.7 Å². The van der Waals surface area contributed by atoms with Gasteiger partial charge in [0.2, 0.25) is 0 Å². The van der Waals surface area contributed by atoms with Crippen LogP contribution in [-0.2, 0) is 9.09 Å². The molecule has 22 heteroatoms. The van der Waals surface area contributed by atoms with Crippen LogP contribution < -0.4 is 0 Å². The van der Waals surface area contributed by atoms with Gasteiger partial charge in [0.15, 0.2) is 4.32 Å². The summed E-state index contributed by atoms with van der Waals surface area (Å²) in [5.41, 5.74) is 0. The molecule has 7 rings (SSSR count). The molecule has 0 aromatic heterocycles. The Balaban J connectivity index is 0.864. The van der Waals surface area contributed by atoms with Crippen LogP contribution in [0.25, 0.3) is 0 Å². The monoisotopic (exact) mass is 980 g/mol. The molecule has 0 saturated carbocycles. The van der Waals surface area contributed by atoms with Crippen LogP contribution in [0.4, 0.5) is 0 Å². The van der Waals surface area contributed by atoms with Crippen LogP contribution in [0, 0.1) is 0 Å². The summed E-state index contributed by atoms with van der Waals surface area (Å²) < 4.78 is 34.7. The van der Waals surface area contributed by atoms with Crippen LogP contribution in [-0.4, -0.2) is 61.8 Å². The molecule has 3 nitrogen and oxygen atoms in total. The molecule has 0 spiro atoms. The van der Waals surface area contributed by atoms with Crippen LogP contribution in [0.1, 0.15) is 6.92 Å². The van der Waals surface area contributed by atoms with E-state index in [1.165, 1.54) is 97.4 Å². The Morgan fingerprint density at radius 3 is 1.45 bits per heavy atom. The third kappa shape index (κ3) is 10.9. The SMILES string of the molecule is CCOP(=O)(O)C1SC(SCCSC2=CSC(=C3SC4=C(SCCS4)S3)S2)=C(SCCSC2=CSC(=C3SC4=C(SCCS4)S3)S2)S1. The quantitative estimate of drug-likeness (QED) is 0.141. The van der Waals surface area contributed by atoms with Crippen molar-refractivity contribution in [2.75, 3.05) is 52.6 Å². The van der Waals surface area contributed by atoms with Crippen molar-refractivity contribution in [2.24, 2.45) is 0 Å². The molecule has 0 aromatic carbocycles. The summed E-state index contributed by atoms with van der Waals surface area (Å²) in [5, 5.41) is 4.62. The Labute approximate surface area is 353 Å². The van der Waals surface area contributed by atoms with Gasteiger partial charge in [0.05, 0.1) is 57.5 Å². The van der Waals surface area contributed by atoms with Crippen LogP contribution in [0.3, 0.4) is 0 Å². The van der Waals surface area contributed by atoms with Crippen LogP contribution in [0.15, 0.2) is 61.7 Å². The van der Waals surface area contributed by atoms with Gasteiger partial charge in [0, 0.05) is 46.0 Å². The summed E-state index contributed by atoms with van der Waals surface area (Å²) in [5.74, 6) is 8.84. The van der Waals surface area contributed by atoms with Crippen LogP contribution in [0.5, 0.6) is 0 Å². The molecule has 0 aliphatic carbocycles. The second kappa shape index (κ2) is 19.7. The van der Waals surface area contributed by atoms with Gasteiger partial charge in [-0.3, -0.25) is 4.57 Å². The normalized spacial score (nSPS) is 25.0. The first-order valence-corrected chi connectivity index (χ1v) is 31.7. The van der Waals surface area contributed by atoms with Crippen molar-refractivity contribution in [3.05, 3.63) is 61.7 Å². The van der Waals surface area contributed by atoms with Crippen molar-refractivity contribution >= 4 is 219 Å². The molecule has 0 fully saturated rings. The topological polar surface area (TPSA) is 46.5 Å². The molecule has 0 saturated heterocycles. The summed E-state index contributed by atoms with van der Waals surface area (Å²) in [6.07, 6.45) is 0. The number of hydrogen-bond acceptors (Lipinski definition) is 20. The van der Waals surface area contributed by atoms with E-state index in [0.717, 1.165) is 23.0 Å². The molecule has 47 heavy (non-hydrogen) atoms. The molecule has 0 radical (unpaired) electrons. The first-order chi connectivity index (χ1) is 22.9. The maximum absolute atomic E-state index is 12.9. The summed E-state index contributed by atoms with van der Waals surface area (Å²) >= 11 is 34.1. The van der Waals surface area contributed by atoms with E-state index in [-0.39, 0.29) is 6.61 Å². The highest BCUT2D eigenvalue weighted by Gasteiger charge is 2.41. The fourth-order valence-electron chi connectivity index (χ4n) is 3.81. The van der Waals surface area contributed by atoms with Gasteiger partial charge in [-0.2, -0.15) is 0 Å². The number of rotatable bonds is 13. The van der Waals surface area contributed by atoms with Crippen LogP contribution >= 0.6 is 219 Å².